The van der Waals surface area contributed by atoms with E-state index >= 15 is 0 Å². The van der Waals surface area contributed by atoms with Crippen molar-refractivity contribution in [3.63, 3.8) is 0 Å². The second kappa shape index (κ2) is 3.12. The van der Waals surface area contributed by atoms with Crippen molar-refractivity contribution < 1.29 is 4.74 Å². The molecule has 0 saturated heterocycles. The van der Waals surface area contributed by atoms with Crippen molar-refractivity contribution in [3.8, 4) is 5.88 Å². The average Bonchev–Trinajstić information content (AvgIpc) is 1.94. The molecule has 1 rings (SSSR count). The summed E-state index contributed by atoms with van der Waals surface area (Å²) in [6, 6.07) is 3.39. The Kier molecular flexibility index (Phi) is 2.40. The minimum absolute atomic E-state index is 0.412. The highest BCUT2D eigenvalue weighted by Crippen LogP contribution is 2.20. The summed E-state index contributed by atoms with van der Waals surface area (Å²) in [5.41, 5.74) is 0. The lowest BCUT2D eigenvalue weighted by Crippen LogP contribution is -1.88. The fourth-order valence-electron chi connectivity index (χ4n) is 0.561. The first-order chi connectivity index (χ1) is 4.74. The third-order valence-electron chi connectivity index (χ3n) is 1.000. The third kappa shape index (κ3) is 1.55. The molecule has 0 amide bonds. The number of aromatic nitrogens is 1. The Balaban J connectivity index is 3.09. The summed E-state index contributed by atoms with van der Waals surface area (Å²) in [5.74, 6) is 0.454. The molecular formula is C6H6ClNOS. The van der Waals surface area contributed by atoms with Crippen LogP contribution in [-0.2, 0) is 0 Å². The van der Waals surface area contributed by atoms with E-state index in [9.17, 15) is 0 Å². The van der Waals surface area contributed by atoms with Crippen molar-refractivity contribution in [2.45, 2.75) is 4.90 Å². The molecule has 1 aromatic heterocycles. The minimum atomic E-state index is 0.412. The van der Waals surface area contributed by atoms with Gasteiger partial charge in [-0.05, 0) is 12.1 Å². The van der Waals surface area contributed by atoms with E-state index < -0.39 is 0 Å². The fourth-order valence-corrected chi connectivity index (χ4v) is 0.916. The van der Waals surface area contributed by atoms with Crippen LogP contribution in [0, 0.1) is 0 Å². The van der Waals surface area contributed by atoms with E-state index in [-0.39, 0.29) is 0 Å². The highest BCUT2D eigenvalue weighted by molar-refractivity contribution is 7.80. The Bertz CT molecular complexity index is 241. The molecule has 0 N–H and O–H groups in total. The van der Waals surface area contributed by atoms with Crippen molar-refractivity contribution in [1.82, 2.24) is 4.98 Å². The topological polar surface area (TPSA) is 22.1 Å². The second-order valence-electron chi connectivity index (χ2n) is 1.66. The van der Waals surface area contributed by atoms with Crippen LogP contribution in [0.2, 0.25) is 5.15 Å². The first-order valence-corrected chi connectivity index (χ1v) is 3.46. The van der Waals surface area contributed by atoms with Gasteiger partial charge in [-0.3, -0.25) is 0 Å². The summed E-state index contributed by atoms with van der Waals surface area (Å²) in [6.45, 7) is 0. The smallest absolute Gasteiger partial charge is 0.228 e. The van der Waals surface area contributed by atoms with Crippen LogP contribution >= 0.6 is 24.2 Å². The van der Waals surface area contributed by atoms with Gasteiger partial charge >= 0.3 is 0 Å². The highest BCUT2D eigenvalue weighted by atomic mass is 35.5. The van der Waals surface area contributed by atoms with Crippen LogP contribution in [0.4, 0.5) is 0 Å². The lowest BCUT2D eigenvalue weighted by molar-refractivity contribution is 0.387. The summed E-state index contributed by atoms with van der Waals surface area (Å²) in [6.07, 6.45) is 0. The number of thiol groups is 1. The lowest BCUT2D eigenvalue weighted by Gasteiger charge is -2.00. The molecule has 0 aromatic carbocycles. The average molecular weight is 176 g/mol. The molecule has 4 heteroatoms. The predicted octanol–water partition coefficient (Wildman–Crippen LogP) is 2.03. The molecule has 0 radical (unpaired) electrons. The largest absolute Gasteiger partial charge is 0.480 e. The summed E-state index contributed by atoms with van der Waals surface area (Å²) in [4.78, 5) is 4.54. The van der Waals surface area contributed by atoms with E-state index in [0.717, 1.165) is 0 Å². The molecule has 0 bridgehead atoms. The molecule has 1 heterocycles. The molecular weight excluding hydrogens is 170 g/mol. The van der Waals surface area contributed by atoms with E-state index in [1.807, 2.05) is 0 Å². The Morgan fingerprint density at radius 1 is 1.60 bits per heavy atom. The maximum atomic E-state index is 5.57. The molecule has 0 aliphatic rings. The van der Waals surface area contributed by atoms with Crippen LogP contribution < -0.4 is 4.74 Å². The van der Waals surface area contributed by atoms with Gasteiger partial charge in [0.15, 0.2) is 0 Å². The van der Waals surface area contributed by atoms with Crippen LogP contribution in [0.5, 0.6) is 5.88 Å². The van der Waals surface area contributed by atoms with Gasteiger partial charge in [0.2, 0.25) is 5.88 Å². The molecule has 1 aromatic rings. The van der Waals surface area contributed by atoms with Crippen molar-refractivity contribution >= 4 is 24.2 Å². The van der Waals surface area contributed by atoms with Crippen LogP contribution in [0.15, 0.2) is 17.0 Å². The molecule has 0 fully saturated rings. The maximum Gasteiger partial charge on any atom is 0.228 e. The van der Waals surface area contributed by atoms with Gasteiger partial charge in [-0.2, -0.15) is 0 Å². The van der Waals surface area contributed by atoms with Crippen molar-refractivity contribution in [1.29, 1.82) is 0 Å². The SMILES string of the molecule is COc1nc(Cl)ccc1S. The number of halogens is 1. The quantitative estimate of drug-likeness (QED) is 0.521. The Morgan fingerprint density at radius 3 is 2.80 bits per heavy atom. The number of rotatable bonds is 1. The van der Waals surface area contributed by atoms with E-state index in [4.69, 9.17) is 16.3 Å². The fraction of sp³-hybridized carbons (Fsp3) is 0.167. The van der Waals surface area contributed by atoms with Crippen LogP contribution in [-0.4, -0.2) is 12.1 Å². The first kappa shape index (κ1) is 7.69. The third-order valence-corrected chi connectivity index (χ3v) is 1.55. The number of nitrogens with zero attached hydrogens (tertiary/aromatic N) is 1. The van der Waals surface area contributed by atoms with Gasteiger partial charge < -0.3 is 4.74 Å². The zero-order valence-corrected chi connectivity index (χ0v) is 6.99. The zero-order valence-electron chi connectivity index (χ0n) is 5.34. The molecule has 0 atom stereocenters. The Hall–Kier alpha value is -0.410. The molecule has 0 aliphatic carbocycles. The van der Waals surface area contributed by atoms with E-state index in [2.05, 4.69) is 17.6 Å². The monoisotopic (exact) mass is 175 g/mol. The summed E-state index contributed by atoms with van der Waals surface area (Å²) < 4.78 is 4.85. The number of hydrogen-bond acceptors (Lipinski definition) is 3. The molecule has 0 saturated carbocycles. The van der Waals surface area contributed by atoms with Gasteiger partial charge in [-0.15, -0.1) is 12.6 Å². The Labute approximate surface area is 69.6 Å². The number of ether oxygens (including phenoxy) is 1. The standard InChI is InChI=1S/C6H6ClNOS/c1-9-6-4(10)2-3-5(7)8-6/h2-3,10H,1H3. The molecule has 0 unspecified atom stereocenters. The van der Waals surface area contributed by atoms with Gasteiger partial charge in [0.05, 0.1) is 12.0 Å². The van der Waals surface area contributed by atoms with Crippen LogP contribution in [0.25, 0.3) is 0 Å². The number of pyridine rings is 1. The number of hydrogen-bond donors (Lipinski definition) is 1. The Morgan fingerprint density at radius 2 is 2.30 bits per heavy atom. The molecule has 2 nitrogen and oxygen atoms in total. The molecule has 0 spiro atoms. The van der Waals surface area contributed by atoms with E-state index in [1.165, 1.54) is 7.11 Å². The zero-order chi connectivity index (χ0) is 7.56. The van der Waals surface area contributed by atoms with Crippen LogP contribution in [0.3, 0.4) is 0 Å². The predicted molar refractivity (Wildman–Crippen MR) is 43.1 cm³/mol. The molecule has 10 heavy (non-hydrogen) atoms. The summed E-state index contributed by atoms with van der Waals surface area (Å²) >= 11 is 9.65. The second-order valence-corrected chi connectivity index (χ2v) is 2.53. The van der Waals surface area contributed by atoms with E-state index in [1.54, 1.807) is 12.1 Å². The van der Waals surface area contributed by atoms with E-state index in [0.29, 0.717) is 15.9 Å². The van der Waals surface area contributed by atoms with Gasteiger partial charge in [0.25, 0.3) is 0 Å². The summed E-state index contributed by atoms with van der Waals surface area (Å²) in [5, 5.41) is 0.412. The van der Waals surface area contributed by atoms with Crippen molar-refractivity contribution in [2.24, 2.45) is 0 Å². The minimum Gasteiger partial charge on any atom is -0.480 e. The molecule has 0 aliphatic heterocycles. The number of methoxy groups -OCH3 is 1. The van der Waals surface area contributed by atoms with Gasteiger partial charge in [0.1, 0.15) is 5.15 Å². The highest BCUT2D eigenvalue weighted by Gasteiger charge is 1.99. The maximum absolute atomic E-state index is 5.57. The summed E-state index contributed by atoms with van der Waals surface area (Å²) in [7, 11) is 1.53. The van der Waals surface area contributed by atoms with Crippen molar-refractivity contribution in [3.05, 3.63) is 17.3 Å². The lowest BCUT2D eigenvalue weighted by atomic mass is 10.5. The van der Waals surface area contributed by atoms with Crippen LogP contribution in [0.1, 0.15) is 0 Å². The first-order valence-electron chi connectivity index (χ1n) is 2.63. The van der Waals surface area contributed by atoms with Gasteiger partial charge in [0, 0.05) is 0 Å². The normalized spacial score (nSPS) is 9.50. The van der Waals surface area contributed by atoms with Gasteiger partial charge in [-0.1, -0.05) is 11.6 Å². The van der Waals surface area contributed by atoms with Crippen molar-refractivity contribution in [2.75, 3.05) is 7.11 Å². The van der Waals surface area contributed by atoms with Gasteiger partial charge in [-0.25, -0.2) is 4.98 Å². The molecule has 54 valence electrons.